The molecule has 2 N–H and O–H groups in total. The number of guanidine groups is 1. The zero-order chi connectivity index (χ0) is 19.3. The van der Waals surface area contributed by atoms with Crippen molar-refractivity contribution in [3.63, 3.8) is 0 Å². The van der Waals surface area contributed by atoms with Gasteiger partial charge in [-0.1, -0.05) is 12.1 Å². The molecular weight excluding hydrogens is 354 g/mol. The zero-order valence-corrected chi connectivity index (χ0v) is 17.1. The van der Waals surface area contributed by atoms with Crippen LogP contribution in [0.4, 0.5) is 5.69 Å². The highest BCUT2D eigenvalue weighted by atomic mass is 16.5. The van der Waals surface area contributed by atoms with Crippen molar-refractivity contribution in [2.45, 2.75) is 37.5 Å². The summed E-state index contributed by atoms with van der Waals surface area (Å²) in [7, 11) is 3.56. The molecule has 0 aromatic heterocycles. The van der Waals surface area contributed by atoms with Crippen LogP contribution in [0.5, 0.6) is 5.75 Å². The minimum atomic E-state index is 0.238. The summed E-state index contributed by atoms with van der Waals surface area (Å²) < 4.78 is 11.6. The molecule has 4 rings (SSSR count). The van der Waals surface area contributed by atoms with Crippen LogP contribution < -0.4 is 20.3 Å². The Morgan fingerprint density at radius 2 is 2.14 bits per heavy atom. The minimum Gasteiger partial charge on any atom is -0.495 e. The molecule has 0 radical (unpaired) electrons. The normalized spacial score (nSPS) is 28.3. The first-order chi connectivity index (χ1) is 13.8. The van der Waals surface area contributed by atoms with Crippen LogP contribution in [0.3, 0.4) is 0 Å². The largest absolute Gasteiger partial charge is 0.495 e. The third kappa shape index (κ3) is 4.36. The second kappa shape index (κ2) is 9.01. The summed E-state index contributed by atoms with van der Waals surface area (Å²) in [4.78, 5) is 9.37. The fourth-order valence-electron chi connectivity index (χ4n) is 4.60. The maximum atomic E-state index is 6.05. The smallest absolute Gasteiger partial charge is 0.191 e. The Balaban J connectivity index is 1.25. The van der Waals surface area contributed by atoms with E-state index >= 15 is 0 Å². The number of para-hydroxylation sites is 2. The summed E-state index contributed by atoms with van der Waals surface area (Å²) in [6, 6.07) is 9.23. The second-order valence-corrected chi connectivity index (χ2v) is 7.95. The summed E-state index contributed by atoms with van der Waals surface area (Å²) in [6.45, 7) is 5.87. The molecule has 0 bridgehead atoms. The van der Waals surface area contributed by atoms with Gasteiger partial charge in [0.2, 0.25) is 0 Å². The summed E-state index contributed by atoms with van der Waals surface area (Å²) in [5.41, 5.74) is 1.16. The second-order valence-electron chi connectivity index (χ2n) is 7.95. The van der Waals surface area contributed by atoms with Crippen molar-refractivity contribution in [1.82, 2.24) is 15.5 Å². The Morgan fingerprint density at radius 3 is 3.00 bits per heavy atom. The van der Waals surface area contributed by atoms with Crippen LogP contribution in [0.1, 0.15) is 19.3 Å². The third-order valence-electron chi connectivity index (χ3n) is 6.14. The van der Waals surface area contributed by atoms with E-state index in [1.807, 2.05) is 19.2 Å². The van der Waals surface area contributed by atoms with Gasteiger partial charge in [-0.3, -0.25) is 9.89 Å². The number of fused-ring (bicyclic) bond motifs is 1. The number of nitrogens with one attached hydrogen (secondary N) is 2. The van der Waals surface area contributed by atoms with Gasteiger partial charge in [-0.15, -0.1) is 0 Å². The van der Waals surface area contributed by atoms with Crippen LogP contribution in [0, 0.1) is 0 Å². The molecular formula is C21H33N5O2. The summed E-state index contributed by atoms with van der Waals surface area (Å²) in [5, 5.41) is 7.04. The molecule has 3 aliphatic rings. The van der Waals surface area contributed by atoms with Crippen molar-refractivity contribution in [2.75, 3.05) is 58.4 Å². The molecule has 0 spiro atoms. The van der Waals surface area contributed by atoms with E-state index in [2.05, 4.69) is 37.6 Å². The van der Waals surface area contributed by atoms with Gasteiger partial charge in [0.15, 0.2) is 5.96 Å². The monoisotopic (exact) mass is 387 g/mol. The molecule has 7 nitrogen and oxygen atoms in total. The molecule has 0 amide bonds. The van der Waals surface area contributed by atoms with E-state index < -0.39 is 0 Å². The van der Waals surface area contributed by atoms with Gasteiger partial charge in [-0.05, 0) is 37.9 Å². The molecule has 3 heterocycles. The van der Waals surface area contributed by atoms with E-state index in [0.29, 0.717) is 12.1 Å². The number of hydrogen-bond donors (Lipinski definition) is 2. The van der Waals surface area contributed by atoms with Crippen molar-refractivity contribution < 1.29 is 9.47 Å². The lowest BCUT2D eigenvalue weighted by Crippen LogP contribution is -2.52. The molecule has 7 heteroatoms. The Kier molecular flexibility index (Phi) is 6.22. The maximum absolute atomic E-state index is 6.05. The van der Waals surface area contributed by atoms with Gasteiger partial charge in [-0.25, -0.2) is 0 Å². The lowest BCUT2D eigenvalue weighted by Gasteiger charge is -2.35. The van der Waals surface area contributed by atoms with Gasteiger partial charge < -0.3 is 25.0 Å². The SMILES string of the molecule is CN=C(NCC1CN2CCCC2CO1)NC1CCN(c2ccccc2OC)C1. The highest BCUT2D eigenvalue weighted by molar-refractivity contribution is 5.80. The van der Waals surface area contributed by atoms with Gasteiger partial charge in [-0.2, -0.15) is 0 Å². The van der Waals surface area contributed by atoms with E-state index in [0.717, 1.165) is 56.6 Å². The average Bonchev–Trinajstić information content (AvgIpc) is 3.40. The first-order valence-corrected chi connectivity index (χ1v) is 10.5. The van der Waals surface area contributed by atoms with E-state index in [4.69, 9.17) is 9.47 Å². The Labute approximate surface area is 168 Å². The van der Waals surface area contributed by atoms with Gasteiger partial charge in [0.1, 0.15) is 5.75 Å². The average molecular weight is 388 g/mol. The highest BCUT2D eigenvalue weighted by Crippen LogP contribution is 2.30. The molecule has 3 aliphatic heterocycles. The lowest BCUT2D eigenvalue weighted by molar-refractivity contribution is -0.0453. The number of benzene rings is 1. The van der Waals surface area contributed by atoms with Crippen LogP contribution in [0.15, 0.2) is 29.3 Å². The van der Waals surface area contributed by atoms with Crippen molar-refractivity contribution in [3.8, 4) is 5.75 Å². The predicted molar refractivity (Wildman–Crippen MR) is 112 cm³/mol. The number of anilines is 1. The first kappa shape index (κ1) is 19.3. The number of rotatable bonds is 5. The third-order valence-corrected chi connectivity index (χ3v) is 6.14. The van der Waals surface area contributed by atoms with Crippen LogP contribution in [0.2, 0.25) is 0 Å². The summed E-state index contributed by atoms with van der Waals surface area (Å²) in [6.07, 6.45) is 3.91. The molecule has 3 fully saturated rings. The van der Waals surface area contributed by atoms with Crippen LogP contribution in [-0.2, 0) is 4.74 Å². The minimum absolute atomic E-state index is 0.238. The molecule has 0 saturated carbocycles. The fourth-order valence-corrected chi connectivity index (χ4v) is 4.60. The van der Waals surface area contributed by atoms with Gasteiger partial charge in [0, 0.05) is 45.3 Å². The number of morpholine rings is 1. The van der Waals surface area contributed by atoms with Crippen molar-refractivity contribution in [2.24, 2.45) is 4.99 Å². The quantitative estimate of drug-likeness (QED) is 0.587. The van der Waals surface area contributed by atoms with Gasteiger partial charge in [0.25, 0.3) is 0 Å². The lowest BCUT2D eigenvalue weighted by atomic mass is 10.2. The maximum Gasteiger partial charge on any atom is 0.191 e. The first-order valence-electron chi connectivity index (χ1n) is 10.5. The Morgan fingerprint density at radius 1 is 1.25 bits per heavy atom. The molecule has 3 unspecified atom stereocenters. The number of methoxy groups -OCH3 is 1. The fraction of sp³-hybridized carbons (Fsp3) is 0.667. The van der Waals surface area contributed by atoms with Crippen LogP contribution in [0.25, 0.3) is 0 Å². The van der Waals surface area contributed by atoms with Gasteiger partial charge >= 0.3 is 0 Å². The Hall–Kier alpha value is -1.99. The standard InChI is InChI=1S/C21H33N5O2/c1-22-21(23-12-18-14-25-10-5-6-17(25)15-28-18)24-16-9-11-26(13-16)19-7-3-4-8-20(19)27-2/h3-4,7-8,16-18H,5-6,9-15H2,1-2H3,(H2,22,23,24). The molecule has 28 heavy (non-hydrogen) atoms. The van der Waals surface area contributed by atoms with E-state index in [1.54, 1.807) is 7.11 Å². The molecule has 3 atom stereocenters. The molecule has 0 aliphatic carbocycles. The van der Waals surface area contributed by atoms with Crippen LogP contribution >= 0.6 is 0 Å². The van der Waals surface area contributed by atoms with Crippen LogP contribution in [-0.4, -0.2) is 82.5 Å². The molecule has 3 saturated heterocycles. The number of ether oxygens (including phenoxy) is 2. The number of nitrogens with zero attached hydrogens (tertiary/aromatic N) is 3. The highest BCUT2D eigenvalue weighted by Gasteiger charge is 2.32. The zero-order valence-electron chi connectivity index (χ0n) is 17.1. The molecule has 1 aromatic rings. The number of hydrogen-bond acceptors (Lipinski definition) is 5. The van der Waals surface area contributed by atoms with Crippen molar-refractivity contribution >= 4 is 11.6 Å². The van der Waals surface area contributed by atoms with E-state index in [-0.39, 0.29) is 6.10 Å². The molecule has 1 aromatic carbocycles. The van der Waals surface area contributed by atoms with Crippen molar-refractivity contribution in [1.29, 1.82) is 0 Å². The number of aliphatic imine (C=N–C) groups is 1. The summed E-state index contributed by atoms with van der Waals surface area (Å²) >= 11 is 0. The van der Waals surface area contributed by atoms with E-state index in [1.165, 1.54) is 19.4 Å². The van der Waals surface area contributed by atoms with E-state index in [9.17, 15) is 0 Å². The molecule has 154 valence electrons. The van der Waals surface area contributed by atoms with Gasteiger partial charge in [0.05, 0.1) is 25.5 Å². The van der Waals surface area contributed by atoms with Crippen molar-refractivity contribution in [3.05, 3.63) is 24.3 Å². The Bertz CT molecular complexity index is 683. The summed E-state index contributed by atoms with van der Waals surface area (Å²) in [5.74, 6) is 1.79. The topological polar surface area (TPSA) is 61.4 Å². The predicted octanol–water partition coefficient (Wildman–Crippen LogP) is 1.30.